The number of hydrogen-bond donors (Lipinski definition) is 2. The van der Waals surface area contributed by atoms with Gasteiger partial charge < -0.3 is 5.11 Å². The monoisotopic (exact) mass is 114 g/mol. The zero-order valence-electron chi connectivity index (χ0n) is 4.89. The van der Waals surface area contributed by atoms with E-state index in [0.717, 1.165) is 0 Å². The Balaban J connectivity index is 3.02. The third-order valence-electron chi connectivity index (χ3n) is 0.756. The van der Waals surface area contributed by atoms with Crippen LogP contribution in [-0.4, -0.2) is 24.3 Å². The van der Waals surface area contributed by atoms with Crippen molar-refractivity contribution in [1.29, 1.82) is 5.26 Å². The van der Waals surface area contributed by atoms with Crippen LogP contribution in [0.2, 0.25) is 0 Å². The van der Waals surface area contributed by atoms with Crippen LogP contribution in [0.5, 0.6) is 0 Å². The molecule has 3 heteroatoms. The quantitative estimate of drug-likeness (QED) is 0.519. The predicted octanol–water partition coefficient (Wildman–Crippen LogP) is -0.520. The maximum absolute atomic E-state index is 8.24. The molecular weight excluding hydrogens is 104 g/mol. The molecule has 0 bridgehead atoms. The zero-order valence-corrected chi connectivity index (χ0v) is 4.89. The van der Waals surface area contributed by atoms with Crippen LogP contribution in [0.1, 0.15) is 6.92 Å². The fourth-order valence-corrected chi connectivity index (χ4v) is 0.327. The van der Waals surface area contributed by atoms with E-state index >= 15 is 0 Å². The lowest BCUT2D eigenvalue weighted by atomic mass is 10.4. The van der Waals surface area contributed by atoms with Crippen molar-refractivity contribution in [1.82, 2.24) is 5.32 Å². The van der Waals surface area contributed by atoms with Gasteiger partial charge in [-0.2, -0.15) is 5.26 Å². The zero-order chi connectivity index (χ0) is 6.41. The van der Waals surface area contributed by atoms with E-state index in [9.17, 15) is 0 Å². The van der Waals surface area contributed by atoms with Gasteiger partial charge in [0, 0.05) is 6.54 Å². The molecule has 0 aliphatic heterocycles. The molecule has 0 radical (unpaired) electrons. The molecule has 0 saturated carbocycles. The first kappa shape index (κ1) is 7.41. The van der Waals surface area contributed by atoms with E-state index in [4.69, 9.17) is 10.4 Å². The van der Waals surface area contributed by atoms with Crippen molar-refractivity contribution in [2.75, 3.05) is 13.2 Å². The van der Waals surface area contributed by atoms with Gasteiger partial charge in [-0.05, 0) is 6.92 Å². The Morgan fingerprint density at radius 3 is 2.88 bits per heavy atom. The molecule has 46 valence electrons. The molecule has 0 rings (SSSR count). The Morgan fingerprint density at radius 2 is 2.50 bits per heavy atom. The summed E-state index contributed by atoms with van der Waals surface area (Å²) < 4.78 is 0. The maximum Gasteiger partial charge on any atom is 0.0925 e. The predicted molar refractivity (Wildman–Crippen MR) is 30.2 cm³/mol. The Labute approximate surface area is 48.9 Å². The Bertz CT molecular complexity index is 86.9. The summed E-state index contributed by atoms with van der Waals surface area (Å²) in [4.78, 5) is 0. The van der Waals surface area contributed by atoms with Crippen molar-refractivity contribution in [3.63, 3.8) is 0 Å². The van der Waals surface area contributed by atoms with Crippen molar-refractivity contribution >= 4 is 0 Å². The van der Waals surface area contributed by atoms with Gasteiger partial charge in [0.15, 0.2) is 0 Å². The first-order valence-electron chi connectivity index (χ1n) is 2.55. The van der Waals surface area contributed by atoms with Crippen LogP contribution in [0.4, 0.5) is 0 Å². The Hall–Kier alpha value is -0.590. The molecule has 0 aliphatic carbocycles. The van der Waals surface area contributed by atoms with Gasteiger partial charge >= 0.3 is 0 Å². The van der Waals surface area contributed by atoms with Crippen LogP contribution < -0.4 is 5.32 Å². The molecule has 0 amide bonds. The lowest BCUT2D eigenvalue weighted by Crippen LogP contribution is -2.26. The van der Waals surface area contributed by atoms with Gasteiger partial charge in [0.1, 0.15) is 0 Å². The lowest BCUT2D eigenvalue weighted by molar-refractivity contribution is 0.290. The normalized spacial score (nSPS) is 12.6. The van der Waals surface area contributed by atoms with Gasteiger partial charge in [0.25, 0.3) is 0 Å². The van der Waals surface area contributed by atoms with E-state index in [1.807, 2.05) is 6.07 Å². The second kappa shape index (κ2) is 4.57. The minimum Gasteiger partial charge on any atom is -0.395 e. The van der Waals surface area contributed by atoms with E-state index in [-0.39, 0.29) is 12.6 Å². The van der Waals surface area contributed by atoms with Crippen molar-refractivity contribution in [2.24, 2.45) is 0 Å². The SMILES string of the molecule is CC(C#N)NCCO. The van der Waals surface area contributed by atoms with Crippen LogP contribution in [0, 0.1) is 11.3 Å². The largest absolute Gasteiger partial charge is 0.395 e. The molecule has 0 spiro atoms. The van der Waals surface area contributed by atoms with E-state index < -0.39 is 0 Å². The van der Waals surface area contributed by atoms with Crippen molar-refractivity contribution in [3.8, 4) is 6.07 Å². The van der Waals surface area contributed by atoms with Crippen molar-refractivity contribution in [3.05, 3.63) is 0 Å². The second-order valence-electron chi connectivity index (χ2n) is 1.53. The van der Waals surface area contributed by atoms with E-state index in [2.05, 4.69) is 5.32 Å². The van der Waals surface area contributed by atoms with Crippen LogP contribution in [-0.2, 0) is 0 Å². The number of hydrogen-bond acceptors (Lipinski definition) is 3. The summed E-state index contributed by atoms with van der Waals surface area (Å²) in [6, 6.07) is 1.83. The molecule has 0 aliphatic rings. The maximum atomic E-state index is 8.24. The number of nitrogens with one attached hydrogen (secondary N) is 1. The Kier molecular flexibility index (Phi) is 4.23. The summed E-state index contributed by atoms with van der Waals surface area (Å²) in [5.41, 5.74) is 0. The lowest BCUT2D eigenvalue weighted by Gasteiger charge is -2.00. The van der Waals surface area contributed by atoms with Crippen molar-refractivity contribution in [2.45, 2.75) is 13.0 Å². The minimum absolute atomic E-state index is 0.0893. The van der Waals surface area contributed by atoms with Crippen LogP contribution in [0.3, 0.4) is 0 Å². The third-order valence-corrected chi connectivity index (χ3v) is 0.756. The molecule has 0 aromatic rings. The fourth-order valence-electron chi connectivity index (χ4n) is 0.327. The van der Waals surface area contributed by atoms with Gasteiger partial charge in [0.2, 0.25) is 0 Å². The molecule has 0 heterocycles. The van der Waals surface area contributed by atoms with Crippen LogP contribution in [0.15, 0.2) is 0 Å². The highest BCUT2D eigenvalue weighted by Crippen LogP contribution is 1.72. The molecule has 0 saturated heterocycles. The van der Waals surface area contributed by atoms with Crippen molar-refractivity contribution < 1.29 is 5.11 Å². The molecule has 1 atom stereocenters. The first-order valence-corrected chi connectivity index (χ1v) is 2.55. The molecule has 1 unspecified atom stereocenters. The number of aliphatic hydroxyl groups is 1. The van der Waals surface area contributed by atoms with Gasteiger partial charge in [-0.15, -0.1) is 0 Å². The molecule has 0 fully saturated rings. The molecule has 8 heavy (non-hydrogen) atoms. The van der Waals surface area contributed by atoms with Crippen LogP contribution >= 0.6 is 0 Å². The Morgan fingerprint density at radius 1 is 1.88 bits per heavy atom. The van der Waals surface area contributed by atoms with E-state index in [1.165, 1.54) is 0 Å². The topological polar surface area (TPSA) is 56.0 Å². The summed E-state index contributed by atoms with van der Waals surface area (Å²) in [5.74, 6) is 0. The average Bonchev–Trinajstić information content (AvgIpc) is 1.83. The molecular formula is C5H10N2O. The summed E-state index contributed by atoms with van der Waals surface area (Å²) in [6.45, 7) is 2.33. The highest BCUT2D eigenvalue weighted by Gasteiger charge is 1.92. The minimum atomic E-state index is -0.151. The number of nitrogens with zero attached hydrogens (tertiary/aromatic N) is 1. The van der Waals surface area contributed by atoms with Gasteiger partial charge in [0.05, 0.1) is 18.7 Å². The van der Waals surface area contributed by atoms with Gasteiger partial charge in [-0.25, -0.2) is 0 Å². The van der Waals surface area contributed by atoms with Crippen LogP contribution in [0.25, 0.3) is 0 Å². The summed E-state index contributed by atoms with van der Waals surface area (Å²) in [6.07, 6.45) is 0. The van der Waals surface area contributed by atoms with E-state index in [1.54, 1.807) is 6.92 Å². The number of nitriles is 1. The number of rotatable bonds is 3. The third kappa shape index (κ3) is 3.59. The average molecular weight is 114 g/mol. The smallest absolute Gasteiger partial charge is 0.0925 e. The van der Waals surface area contributed by atoms with Gasteiger partial charge in [-0.3, -0.25) is 5.32 Å². The summed E-state index contributed by atoms with van der Waals surface area (Å²) in [7, 11) is 0. The fraction of sp³-hybridized carbons (Fsp3) is 0.800. The summed E-state index contributed by atoms with van der Waals surface area (Å²) >= 11 is 0. The first-order chi connectivity index (χ1) is 3.81. The van der Waals surface area contributed by atoms with Gasteiger partial charge in [-0.1, -0.05) is 0 Å². The summed E-state index contributed by atoms with van der Waals surface area (Å²) in [5, 5.41) is 19.2. The number of aliphatic hydroxyl groups excluding tert-OH is 1. The van der Waals surface area contributed by atoms with E-state index in [0.29, 0.717) is 6.54 Å². The second-order valence-corrected chi connectivity index (χ2v) is 1.53. The highest BCUT2D eigenvalue weighted by molar-refractivity contribution is 4.84. The molecule has 2 N–H and O–H groups in total. The molecule has 0 aromatic carbocycles. The molecule has 0 aromatic heterocycles. The highest BCUT2D eigenvalue weighted by atomic mass is 16.3. The standard InChI is InChI=1S/C5H10N2O/c1-5(4-6)7-2-3-8/h5,7-8H,2-3H2,1H3. The molecule has 3 nitrogen and oxygen atoms in total.